The van der Waals surface area contributed by atoms with E-state index in [4.69, 9.17) is 11.6 Å². The van der Waals surface area contributed by atoms with Gasteiger partial charge in [-0.2, -0.15) is 0 Å². The Morgan fingerprint density at radius 2 is 2.47 bits per heavy atom. The van der Waals surface area contributed by atoms with Gasteiger partial charge < -0.3 is 4.90 Å². The van der Waals surface area contributed by atoms with Crippen molar-refractivity contribution in [2.75, 3.05) is 13.1 Å². The molecule has 0 aliphatic carbocycles. The maximum absolute atomic E-state index is 12.0. The van der Waals surface area contributed by atoms with E-state index >= 15 is 0 Å². The normalized spacial score (nSPS) is 21.7. The molecule has 1 fully saturated rings. The lowest BCUT2D eigenvalue weighted by molar-refractivity contribution is 0.0727. The average Bonchev–Trinajstić information content (AvgIpc) is 2.64. The lowest BCUT2D eigenvalue weighted by atomic mass is 10.1. The van der Waals surface area contributed by atoms with E-state index in [1.807, 2.05) is 16.3 Å². The van der Waals surface area contributed by atoms with Crippen LogP contribution >= 0.6 is 38.9 Å². The Bertz CT molecular complexity index is 368. The van der Waals surface area contributed by atoms with E-state index in [0.29, 0.717) is 6.54 Å². The second-order valence-electron chi connectivity index (χ2n) is 3.63. The van der Waals surface area contributed by atoms with Gasteiger partial charge in [-0.25, -0.2) is 0 Å². The van der Waals surface area contributed by atoms with Gasteiger partial charge in [0.05, 0.1) is 14.7 Å². The van der Waals surface area contributed by atoms with Crippen LogP contribution in [0.2, 0.25) is 0 Å². The number of halogens is 2. The first-order valence-corrected chi connectivity index (χ1v) is 6.95. The molecule has 1 unspecified atom stereocenters. The summed E-state index contributed by atoms with van der Waals surface area (Å²) in [5, 5.41) is 1.99. The third-order valence-electron chi connectivity index (χ3n) is 2.47. The van der Waals surface area contributed by atoms with Gasteiger partial charge in [-0.1, -0.05) is 0 Å². The average molecular weight is 309 g/mol. The molecule has 1 aliphatic heterocycles. The van der Waals surface area contributed by atoms with Crippen LogP contribution in [0.5, 0.6) is 0 Å². The molecule has 2 nitrogen and oxygen atoms in total. The smallest absolute Gasteiger partial charge is 0.254 e. The number of thiophene rings is 1. The van der Waals surface area contributed by atoms with E-state index in [9.17, 15) is 4.79 Å². The number of hydrogen-bond donors (Lipinski definition) is 0. The van der Waals surface area contributed by atoms with E-state index in [2.05, 4.69) is 15.9 Å². The zero-order chi connectivity index (χ0) is 10.8. The van der Waals surface area contributed by atoms with Crippen molar-refractivity contribution in [1.82, 2.24) is 4.90 Å². The number of rotatable bonds is 1. The summed E-state index contributed by atoms with van der Waals surface area (Å²) in [5.74, 6) is 0.0994. The van der Waals surface area contributed by atoms with Gasteiger partial charge in [0, 0.05) is 18.5 Å². The van der Waals surface area contributed by atoms with Crippen molar-refractivity contribution >= 4 is 44.8 Å². The fourth-order valence-corrected chi connectivity index (χ4v) is 3.17. The molecule has 82 valence electrons. The van der Waals surface area contributed by atoms with Gasteiger partial charge >= 0.3 is 0 Å². The Balaban J connectivity index is 2.07. The maximum atomic E-state index is 12.0. The third kappa shape index (κ3) is 2.74. The number of carbonyl (C=O) groups is 1. The molecule has 0 spiro atoms. The van der Waals surface area contributed by atoms with E-state index in [0.717, 1.165) is 28.7 Å². The predicted molar refractivity (Wildman–Crippen MR) is 66.8 cm³/mol. The van der Waals surface area contributed by atoms with E-state index in [1.165, 1.54) is 11.3 Å². The summed E-state index contributed by atoms with van der Waals surface area (Å²) in [7, 11) is 0. The van der Waals surface area contributed by atoms with Gasteiger partial charge in [-0.15, -0.1) is 22.9 Å². The first-order chi connectivity index (χ1) is 7.16. The minimum atomic E-state index is 0.0994. The van der Waals surface area contributed by atoms with Crippen LogP contribution in [0.25, 0.3) is 0 Å². The Hall–Kier alpha value is -0.0600. The van der Waals surface area contributed by atoms with E-state index in [-0.39, 0.29) is 11.3 Å². The summed E-state index contributed by atoms with van der Waals surface area (Å²) in [6.45, 7) is 1.50. The van der Waals surface area contributed by atoms with Crippen molar-refractivity contribution in [3.05, 3.63) is 20.8 Å². The molecule has 1 aromatic heterocycles. The van der Waals surface area contributed by atoms with E-state index in [1.54, 1.807) is 0 Å². The van der Waals surface area contributed by atoms with Crippen molar-refractivity contribution in [2.24, 2.45) is 0 Å². The van der Waals surface area contributed by atoms with Crippen LogP contribution in [0.4, 0.5) is 0 Å². The zero-order valence-electron chi connectivity index (χ0n) is 8.08. The number of hydrogen-bond acceptors (Lipinski definition) is 2. The van der Waals surface area contributed by atoms with Crippen LogP contribution in [0.15, 0.2) is 15.2 Å². The van der Waals surface area contributed by atoms with Crippen molar-refractivity contribution in [1.29, 1.82) is 0 Å². The van der Waals surface area contributed by atoms with Crippen LogP contribution in [0.3, 0.4) is 0 Å². The van der Waals surface area contributed by atoms with Crippen LogP contribution < -0.4 is 0 Å². The van der Waals surface area contributed by atoms with Gasteiger partial charge in [0.1, 0.15) is 0 Å². The molecular weight excluding hydrogens is 298 g/mol. The Morgan fingerprint density at radius 1 is 1.67 bits per heavy atom. The largest absolute Gasteiger partial charge is 0.337 e. The molecular formula is C10H11BrClNOS. The van der Waals surface area contributed by atoms with Crippen molar-refractivity contribution in [3.63, 3.8) is 0 Å². The highest BCUT2D eigenvalue weighted by atomic mass is 79.9. The predicted octanol–water partition coefficient (Wildman–Crippen LogP) is 3.35. The summed E-state index contributed by atoms with van der Waals surface area (Å²) < 4.78 is 0.991. The minimum Gasteiger partial charge on any atom is -0.337 e. The lowest BCUT2D eigenvalue weighted by Gasteiger charge is -2.29. The summed E-state index contributed by atoms with van der Waals surface area (Å²) >= 11 is 10.9. The highest BCUT2D eigenvalue weighted by molar-refractivity contribution is 9.11. The molecule has 0 aromatic carbocycles. The Labute approximate surface area is 106 Å². The second kappa shape index (κ2) is 4.85. The fourth-order valence-electron chi connectivity index (χ4n) is 1.71. The molecule has 15 heavy (non-hydrogen) atoms. The molecule has 0 saturated carbocycles. The standard InChI is InChI=1S/C10H11BrClNOS/c11-9-4-7(6-15-9)10(14)13-3-1-2-8(12)5-13/h4,6,8H,1-3,5H2. The molecule has 0 bridgehead atoms. The van der Waals surface area contributed by atoms with Gasteiger partial charge in [0.2, 0.25) is 0 Å². The number of likely N-dealkylation sites (tertiary alicyclic amines) is 1. The Morgan fingerprint density at radius 3 is 3.07 bits per heavy atom. The first-order valence-electron chi connectivity index (χ1n) is 4.84. The highest BCUT2D eigenvalue weighted by Gasteiger charge is 2.23. The third-order valence-corrected chi connectivity index (χ3v) is 4.33. The SMILES string of the molecule is O=C(c1csc(Br)c1)N1CCCC(Cl)C1. The number of amides is 1. The quantitative estimate of drug-likeness (QED) is 0.729. The molecule has 0 N–H and O–H groups in total. The van der Waals surface area contributed by atoms with Gasteiger partial charge in [0.25, 0.3) is 5.91 Å². The lowest BCUT2D eigenvalue weighted by Crippen LogP contribution is -2.40. The molecule has 5 heteroatoms. The minimum absolute atomic E-state index is 0.0994. The first kappa shape index (κ1) is 11.4. The summed E-state index contributed by atoms with van der Waals surface area (Å²) in [6.07, 6.45) is 2.02. The van der Waals surface area contributed by atoms with E-state index < -0.39 is 0 Å². The van der Waals surface area contributed by atoms with Crippen molar-refractivity contribution in [3.8, 4) is 0 Å². The van der Waals surface area contributed by atoms with Gasteiger partial charge in [0.15, 0.2) is 0 Å². The molecule has 0 radical (unpaired) electrons. The summed E-state index contributed by atoms with van der Waals surface area (Å²) in [6, 6.07) is 1.87. The second-order valence-corrected chi connectivity index (χ2v) is 6.54. The molecule has 2 heterocycles. The molecule has 1 amide bonds. The monoisotopic (exact) mass is 307 g/mol. The maximum Gasteiger partial charge on any atom is 0.254 e. The number of piperidine rings is 1. The Kier molecular flexibility index (Phi) is 3.69. The number of alkyl halides is 1. The van der Waals surface area contributed by atoms with Crippen LogP contribution in [-0.4, -0.2) is 29.3 Å². The highest BCUT2D eigenvalue weighted by Crippen LogP contribution is 2.23. The van der Waals surface area contributed by atoms with Crippen molar-refractivity contribution < 1.29 is 4.79 Å². The fraction of sp³-hybridized carbons (Fsp3) is 0.500. The zero-order valence-corrected chi connectivity index (χ0v) is 11.2. The molecule has 1 saturated heterocycles. The summed E-state index contributed by atoms with van der Waals surface area (Å²) in [5.41, 5.74) is 0.762. The van der Waals surface area contributed by atoms with Gasteiger partial charge in [-0.05, 0) is 34.8 Å². The van der Waals surface area contributed by atoms with Gasteiger partial charge in [-0.3, -0.25) is 4.79 Å². The topological polar surface area (TPSA) is 20.3 Å². The number of carbonyl (C=O) groups excluding carboxylic acids is 1. The van der Waals surface area contributed by atoms with Crippen LogP contribution in [0, 0.1) is 0 Å². The van der Waals surface area contributed by atoms with Crippen LogP contribution in [0.1, 0.15) is 23.2 Å². The summed E-state index contributed by atoms with van der Waals surface area (Å²) in [4.78, 5) is 13.9. The van der Waals surface area contributed by atoms with Crippen LogP contribution in [-0.2, 0) is 0 Å². The molecule has 1 atom stereocenters. The molecule has 1 aliphatic rings. The molecule has 1 aromatic rings. The molecule has 2 rings (SSSR count). The number of nitrogens with zero attached hydrogens (tertiary/aromatic N) is 1. The van der Waals surface area contributed by atoms with Crippen molar-refractivity contribution in [2.45, 2.75) is 18.2 Å².